The van der Waals surface area contributed by atoms with Gasteiger partial charge in [-0.1, -0.05) is 42.5 Å². The van der Waals surface area contributed by atoms with Gasteiger partial charge in [0.25, 0.3) is 0 Å². The van der Waals surface area contributed by atoms with Gasteiger partial charge in [-0.3, -0.25) is 4.90 Å². The number of aryl methyl sites for hydroxylation is 4. The lowest BCUT2D eigenvalue weighted by atomic mass is 9.97. The molecular weight excluding hydrogens is 316 g/mol. The summed E-state index contributed by atoms with van der Waals surface area (Å²) in [5.74, 6) is 0. The first-order valence-electron chi connectivity index (χ1n) is 9.90. The molecule has 1 unspecified atom stereocenters. The molecule has 0 saturated carbocycles. The van der Waals surface area contributed by atoms with Crippen molar-refractivity contribution >= 4 is 10.9 Å². The summed E-state index contributed by atoms with van der Waals surface area (Å²) in [6, 6.07) is 16.1. The zero-order valence-corrected chi connectivity index (χ0v) is 16.5. The Kier molecular flexibility index (Phi) is 4.62. The standard InChI is InChI=1S/C24H30N2/c1-17-12-13-18(2)24-23(17)21-16-25(4)19(3)15-22(21)26(24)14-8-11-20-9-6-5-7-10-20/h5-7,9-10,12-13,19H,8,11,14-16H2,1-4H3. The molecule has 1 atom stereocenters. The van der Waals surface area contributed by atoms with E-state index in [-0.39, 0.29) is 0 Å². The predicted molar refractivity (Wildman–Crippen MR) is 111 cm³/mol. The summed E-state index contributed by atoms with van der Waals surface area (Å²) in [7, 11) is 2.26. The van der Waals surface area contributed by atoms with Crippen LogP contribution in [0.5, 0.6) is 0 Å². The summed E-state index contributed by atoms with van der Waals surface area (Å²) >= 11 is 0. The van der Waals surface area contributed by atoms with Gasteiger partial charge in [0, 0.05) is 36.6 Å². The Labute approximate surface area is 157 Å². The minimum atomic E-state index is 0.611. The number of fused-ring (bicyclic) bond motifs is 3. The summed E-state index contributed by atoms with van der Waals surface area (Å²) in [6.07, 6.45) is 3.50. The largest absolute Gasteiger partial charge is 0.344 e. The van der Waals surface area contributed by atoms with E-state index < -0.39 is 0 Å². The molecule has 136 valence electrons. The molecule has 1 aliphatic rings. The number of aromatic nitrogens is 1. The van der Waals surface area contributed by atoms with Crippen LogP contribution >= 0.6 is 0 Å². The van der Waals surface area contributed by atoms with Gasteiger partial charge in [0.05, 0.1) is 5.52 Å². The highest BCUT2D eigenvalue weighted by Crippen LogP contribution is 2.36. The Morgan fingerprint density at radius 3 is 2.50 bits per heavy atom. The van der Waals surface area contributed by atoms with Crippen molar-refractivity contribution < 1.29 is 0 Å². The lowest BCUT2D eigenvalue weighted by Crippen LogP contribution is -2.35. The maximum atomic E-state index is 2.65. The highest BCUT2D eigenvalue weighted by molar-refractivity contribution is 5.91. The van der Waals surface area contributed by atoms with Gasteiger partial charge in [0.2, 0.25) is 0 Å². The van der Waals surface area contributed by atoms with Crippen molar-refractivity contribution in [2.75, 3.05) is 7.05 Å². The number of hydrogen-bond acceptors (Lipinski definition) is 1. The monoisotopic (exact) mass is 346 g/mol. The van der Waals surface area contributed by atoms with E-state index >= 15 is 0 Å². The lowest BCUT2D eigenvalue weighted by molar-refractivity contribution is 0.228. The fraction of sp³-hybridized carbons (Fsp3) is 0.417. The van der Waals surface area contributed by atoms with Crippen LogP contribution in [0.25, 0.3) is 10.9 Å². The molecule has 1 aliphatic heterocycles. The third-order valence-electron chi connectivity index (χ3n) is 6.17. The Morgan fingerprint density at radius 2 is 1.73 bits per heavy atom. The molecule has 2 heterocycles. The summed E-state index contributed by atoms with van der Waals surface area (Å²) in [4.78, 5) is 2.50. The summed E-state index contributed by atoms with van der Waals surface area (Å²) in [5.41, 5.74) is 8.91. The first-order chi connectivity index (χ1) is 12.6. The molecule has 2 aromatic carbocycles. The summed E-state index contributed by atoms with van der Waals surface area (Å²) in [5, 5.41) is 1.51. The van der Waals surface area contributed by atoms with Crippen LogP contribution in [0.2, 0.25) is 0 Å². The smallest absolute Gasteiger partial charge is 0.0518 e. The fourth-order valence-electron chi connectivity index (χ4n) is 4.54. The van der Waals surface area contributed by atoms with Gasteiger partial charge < -0.3 is 4.57 Å². The van der Waals surface area contributed by atoms with Gasteiger partial charge in [0.15, 0.2) is 0 Å². The van der Waals surface area contributed by atoms with Gasteiger partial charge in [-0.2, -0.15) is 0 Å². The number of rotatable bonds is 4. The number of nitrogens with zero attached hydrogens (tertiary/aromatic N) is 2. The minimum absolute atomic E-state index is 0.611. The first kappa shape index (κ1) is 17.4. The van der Waals surface area contributed by atoms with E-state index in [2.05, 4.69) is 79.8 Å². The van der Waals surface area contributed by atoms with Crippen LogP contribution in [0.4, 0.5) is 0 Å². The number of likely N-dealkylation sites (N-methyl/N-ethyl adjacent to an activating group) is 1. The first-order valence-corrected chi connectivity index (χ1v) is 9.90. The third kappa shape index (κ3) is 2.97. The van der Waals surface area contributed by atoms with Crippen molar-refractivity contribution in [3.05, 3.63) is 70.4 Å². The van der Waals surface area contributed by atoms with Gasteiger partial charge in [-0.05, 0) is 62.9 Å². The molecule has 3 aromatic rings. The average molecular weight is 347 g/mol. The van der Waals surface area contributed by atoms with E-state index in [0.717, 1.165) is 25.9 Å². The molecule has 0 bridgehead atoms. The fourth-order valence-corrected chi connectivity index (χ4v) is 4.54. The molecule has 26 heavy (non-hydrogen) atoms. The Bertz CT molecular complexity index is 921. The molecule has 0 aliphatic carbocycles. The van der Waals surface area contributed by atoms with Crippen LogP contribution in [0, 0.1) is 13.8 Å². The van der Waals surface area contributed by atoms with Crippen molar-refractivity contribution in [2.45, 2.75) is 59.2 Å². The van der Waals surface area contributed by atoms with Crippen molar-refractivity contribution in [1.82, 2.24) is 9.47 Å². The molecule has 2 heteroatoms. The molecule has 1 aromatic heterocycles. The van der Waals surface area contributed by atoms with Crippen molar-refractivity contribution in [1.29, 1.82) is 0 Å². The highest BCUT2D eigenvalue weighted by atomic mass is 15.1. The van der Waals surface area contributed by atoms with Gasteiger partial charge in [-0.15, -0.1) is 0 Å². The highest BCUT2D eigenvalue weighted by Gasteiger charge is 2.27. The van der Waals surface area contributed by atoms with E-state index in [4.69, 9.17) is 0 Å². The Hall–Kier alpha value is -2.06. The van der Waals surface area contributed by atoms with E-state index in [9.17, 15) is 0 Å². The number of benzene rings is 2. The molecule has 4 rings (SSSR count). The molecule has 0 amide bonds. The van der Waals surface area contributed by atoms with Crippen LogP contribution in [-0.2, 0) is 25.9 Å². The van der Waals surface area contributed by atoms with Crippen LogP contribution in [0.3, 0.4) is 0 Å². The maximum absolute atomic E-state index is 2.65. The molecule has 0 N–H and O–H groups in total. The molecule has 0 radical (unpaired) electrons. The zero-order valence-electron chi connectivity index (χ0n) is 16.5. The Morgan fingerprint density at radius 1 is 1.00 bits per heavy atom. The minimum Gasteiger partial charge on any atom is -0.344 e. The second-order valence-corrected chi connectivity index (χ2v) is 8.06. The van der Waals surface area contributed by atoms with Crippen LogP contribution in [-0.4, -0.2) is 22.6 Å². The van der Waals surface area contributed by atoms with Gasteiger partial charge >= 0.3 is 0 Å². The normalized spacial score (nSPS) is 17.6. The number of hydrogen-bond donors (Lipinski definition) is 0. The quantitative estimate of drug-likeness (QED) is 0.625. The maximum Gasteiger partial charge on any atom is 0.0518 e. The molecule has 0 fully saturated rings. The SMILES string of the molecule is Cc1ccc(C)c2c1c1c(n2CCCc2ccccc2)CC(C)N(C)C1. The summed E-state index contributed by atoms with van der Waals surface area (Å²) in [6.45, 7) is 9.08. The molecule has 0 saturated heterocycles. The van der Waals surface area contributed by atoms with Gasteiger partial charge in [-0.25, -0.2) is 0 Å². The van der Waals surface area contributed by atoms with Crippen LogP contribution in [0.15, 0.2) is 42.5 Å². The van der Waals surface area contributed by atoms with E-state index in [0.29, 0.717) is 6.04 Å². The molecular formula is C24H30N2. The zero-order chi connectivity index (χ0) is 18.3. The van der Waals surface area contributed by atoms with Crippen LogP contribution in [0.1, 0.15) is 41.3 Å². The van der Waals surface area contributed by atoms with E-state index in [1.807, 2.05) is 0 Å². The van der Waals surface area contributed by atoms with Gasteiger partial charge in [0.1, 0.15) is 0 Å². The molecule has 0 spiro atoms. The topological polar surface area (TPSA) is 8.17 Å². The second-order valence-electron chi connectivity index (χ2n) is 8.06. The lowest BCUT2D eigenvalue weighted by Gasteiger charge is -2.31. The summed E-state index contributed by atoms with van der Waals surface area (Å²) < 4.78 is 2.65. The third-order valence-corrected chi connectivity index (χ3v) is 6.17. The predicted octanol–water partition coefficient (Wildman–Crippen LogP) is 5.27. The van der Waals surface area contributed by atoms with Crippen molar-refractivity contribution in [3.63, 3.8) is 0 Å². The van der Waals surface area contributed by atoms with Crippen LogP contribution < -0.4 is 0 Å². The average Bonchev–Trinajstić information content (AvgIpc) is 2.94. The second kappa shape index (κ2) is 6.92. The Balaban J connectivity index is 1.73. The van der Waals surface area contributed by atoms with E-state index in [1.165, 1.54) is 34.0 Å². The van der Waals surface area contributed by atoms with Crippen molar-refractivity contribution in [3.8, 4) is 0 Å². The molecule has 2 nitrogen and oxygen atoms in total. The van der Waals surface area contributed by atoms with Crippen molar-refractivity contribution in [2.24, 2.45) is 0 Å². The van der Waals surface area contributed by atoms with E-state index in [1.54, 1.807) is 11.3 Å².